The van der Waals surface area contributed by atoms with Crippen LogP contribution in [0.25, 0.3) is 0 Å². The molecular formula is C13H12ClF3N2O3. The van der Waals surface area contributed by atoms with Crippen LogP contribution in [0.3, 0.4) is 0 Å². The average Bonchev–Trinajstić information content (AvgIpc) is 2.94. The van der Waals surface area contributed by atoms with E-state index in [9.17, 15) is 23.1 Å². The van der Waals surface area contributed by atoms with Gasteiger partial charge in [0.05, 0.1) is 23.8 Å². The fourth-order valence-corrected chi connectivity index (χ4v) is 3.30. The molecule has 2 saturated heterocycles. The lowest BCUT2D eigenvalue weighted by molar-refractivity contribution is -0.149. The Labute approximate surface area is 128 Å². The van der Waals surface area contributed by atoms with Crippen LogP contribution in [0.4, 0.5) is 19.0 Å². The molecule has 2 fully saturated rings. The summed E-state index contributed by atoms with van der Waals surface area (Å²) in [7, 11) is 0. The van der Waals surface area contributed by atoms with Crippen LogP contribution in [0, 0.1) is 11.3 Å². The van der Waals surface area contributed by atoms with E-state index in [4.69, 9.17) is 16.3 Å². The lowest BCUT2D eigenvalue weighted by atomic mass is 9.81. The zero-order valence-electron chi connectivity index (χ0n) is 11.2. The number of hydrogen-bond donors (Lipinski definition) is 1. The Hall–Kier alpha value is -1.54. The zero-order chi connectivity index (χ0) is 16.1. The molecule has 9 heteroatoms. The molecule has 0 radical (unpaired) electrons. The molecule has 22 heavy (non-hydrogen) atoms. The number of nitrogens with zero attached hydrogens (tertiary/aromatic N) is 2. The molecule has 2 atom stereocenters. The van der Waals surface area contributed by atoms with Gasteiger partial charge in [0.2, 0.25) is 0 Å². The van der Waals surface area contributed by atoms with Gasteiger partial charge in [-0.05, 0) is 6.07 Å². The second-order valence-corrected chi connectivity index (χ2v) is 5.99. The summed E-state index contributed by atoms with van der Waals surface area (Å²) in [6.07, 6.45) is -3.81. The number of aliphatic carboxylic acids is 1. The first-order valence-corrected chi connectivity index (χ1v) is 6.91. The van der Waals surface area contributed by atoms with Crippen molar-refractivity contribution >= 4 is 23.4 Å². The molecular weight excluding hydrogens is 325 g/mol. The van der Waals surface area contributed by atoms with Crippen molar-refractivity contribution in [2.45, 2.75) is 6.18 Å². The second-order valence-electron chi connectivity index (χ2n) is 5.58. The van der Waals surface area contributed by atoms with E-state index in [1.807, 2.05) is 0 Å². The first-order valence-electron chi connectivity index (χ1n) is 6.53. The SMILES string of the molecule is O=C(O)[C@]12COC[C@H]1CN(c1ncc(C(F)(F)F)cc1Cl)C2. The Bertz CT molecular complexity index is 625. The molecule has 3 heterocycles. The lowest BCUT2D eigenvalue weighted by Gasteiger charge is -2.23. The van der Waals surface area contributed by atoms with Gasteiger partial charge in [0.1, 0.15) is 11.2 Å². The highest BCUT2D eigenvalue weighted by Gasteiger charge is 2.56. The van der Waals surface area contributed by atoms with Crippen molar-refractivity contribution in [3.8, 4) is 0 Å². The van der Waals surface area contributed by atoms with Crippen molar-refractivity contribution < 1.29 is 27.8 Å². The van der Waals surface area contributed by atoms with Crippen molar-refractivity contribution in [1.29, 1.82) is 0 Å². The molecule has 1 aromatic rings. The topological polar surface area (TPSA) is 62.7 Å². The quantitative estimate of drug-likeness (QED) is 0.898. The van der Waals surface area contributed by atoms with Crippen molar-refractivity contribution in [1.82, 2.24) is 4.98 Å². The predicted molar refractivity (Wildman–Crippen MR) is 70.8 cm³/mol. The molecule has 0 bridgehead atoms. The van der Waals surface area contributed by atoms with Crippen LogP contribution in [-0.4, -0.2) is 42.4 Å². The molecule has 0 spiro atoms. The number of anilines is 1. The van der Waals surface area contributed by atoms with Gasteiger partial charge < -0.3 is 14.7 Å². The fourth-order valence-electron chi connectivity index (χ4n) is 3.02. The minimum atomic E-state index is -4.52. The van der Waals surface area contributed by atoms with Gasteiger partial charge in [-0.15, -0.1) is 0 Å². The predicted octanol–water partition coefficient (Wildman–Crippen LogP) is 2.29. The van der Waals surface area contributed by atoms with Crippen LogP contribution < -0.4 is 4.90 Å². The summed E-state index contributed by atoms with van der Waals surface area (Å²) in [5, 5.41) is 9.31. The van der Waals surface area contributed by atoms with Gasteiger partial charge in [-0.2, -0.15) is 13.2 Å². The average molecular weight is 337 g/mol. The Balaban J connectivity index is 1.89. The molecule has 0 saturated carbocycles. The second kappa shape index (κ2) is 4.99. The number of pyridine rings is 1. The van der Waals surface area contributed by atoms with E-state index < -0.39 is 23.1 Å². The smallest absolute Gasteiger partial charge is 0.417 e. The Morgan fingerprint density at radius 2 is 2.27 bits per heavy atom. The summed E-state index contributed by atoms with van der Waals surface area (Å²) in [5.41, 5.74) is -1.98. The molecule has 5 nitrogen and oxygen atoms in total. The van der Waals surface area contributed by atoms with Crippen molar-refractivity contribution in [2.24, 2.45) is 11.3 Å². The number of fused-ring (bicyclic) bond motifs is 1. The monoisotopic (exact) mass is 336 g/mol. The highest BCUT2D eigenvalue weighted by Crippen LogP contribution is 2.44. The Morgan fingerprint density at radius 1 is 1.55 bits per heavy atom. The maximum atomic E-state index is 12.6. The summed E-state index contributed by atoms with van der Waals surface area (Å²) in [4.78, 5) is 16.9. The van der Waals surface area contributed by atoms with Crippen LogP contribution in [0.1, 0.15) is 5.56 Å². The Morgan fingerprint density at radius 3 is 2.82 bits per heavy atom. The van der Waals surface area contributed by atoms with E-state index in [0.717, 1.165) is 6.07 Å². The molecule has 3 rings (SSSR count). The van der Waals surface area contributed by atoms with E-state index in [0.29, 0.717) is 19.3 Å². The number of carboxylic acids is 1. The number of ether oxygens (including phenoxy) is 1. The zero-order valence-corrected chi connectivity index (χ0v) is 12.0. The number of carbonyl (C=O) groups is 1. The number of halogens is 4. The number of carboxylic acid groups (broad SMARTS) is 1. The summed E-state index contributed by atoms with van der Waals surface area (Å²) < 4.78 is 43.1. The third-order valence-electron chi connectivity index (χ3n) is 4.25. The highest BCUT2D eigenvalue weighted by molar-refractivity contribution is 6.33. The minimum absolute atomic E-state index is 0.0851. The molecule has 2 aliphatic rings. The number of hydrogen-bond acceptors (Lipinski definition) is 4. The van der Waals surface area contributed by atoms with Gasteiger partial charge in [0.25, 0.3) is 0 Å². The lowest BCUT2D eigenvalue weighted by Crippen LogP contribution is -2.39. The van der Waals surface area contributed by atoms with E-state index in [-0.39, 0.29) is 29.9 Å². The van der Waals surface area contributed by atoms with Gasteiger partial charge in [-0.1, -0.05) is 11.6 Å². The minimum Gasteiger partial charge on any atom is -0.481 e. The normalized spacial score (nSPS) is 28.0. The van der Waals surface area contributed by atoms with Crippen LogP contribution in [0.2, 0.25) is 5.02 Å². The van der Waals surface area contributed by atoms with Crippen molar-refractivity contribution in [3.63, 3.8) is 0 Å². The summed E-state index contributed by atoms with van der Waals surface area (Å²) in [6, 6.07) is 0.807. The van der Waals surface area contributed by atoms with Gasteiger partial charge in [-0.25, -0.2) is 4.98 Å². The van der Waals surface area contributed by atoms with Crippen molar-refractivity contribution in [3.05, 3.63) is 22.8 Å². The fraction of sp³-hybridized carbons (Fsp3) is 0.538. The molecule has 120 valence electrons. The van der Waals surface area contributed by atoms with Gasteiger partial charge in [0, 0.05) is 25.2 Å². The van der Waals surface area contributed by atoms with Gasteiger partial charge in [0.15, 0.2) is 0 Å². The van der Waals surface area contributed by atoms with E-state index in [1.165, 1.54) is 0 Å². The first-order chi connectivity index (χ1) is 10.2. The largest absolute Gasteiger partial charge is 0.481 e. The van der Waals surface area contributed by atoms with Crippen LogP contribution in [0.15, 0.2) is 12.3 Å². The number of rotatable bonds is 2. The van der Waals surface area contributed by atoms with Crippen molar-refractivity contribution in [2.75, 3.05) is 31.2 Å². The number of alkyl halides is 3. The molecule has 2 aliphatic heterocycles. The standard InChI is InChI=1S/C13H12ClF3N2O3/c14-9-1-7(13(15,16)17)2-18-10(9)19-3-8-4-22-6-12(8,5-19)11(20)21/h1-2,8H,3-6H2,(H,20,21)/t8-,12-/m1/s1. The van der Waals surface area contributed by atoms with Crippen LogP contribution in [0.5, 0.6) is 0 Å². The van der Waals surface area contributed by atoms with Gasteiger partial charge in [-0.3, -0.25) is 4.79 Å². The molecule has 1 N–H and O–H groups in total. The van der Waals surface area contributed by atoms with E-state index >= 15 is 0 Å². The molecule has 0 unspecified atom stereocenters. The molecule has 0 aliphatic carbocycles. The maximum Gasteiger partial charge on any atom is 0.417 e. The maximum absolute atomic E-state index is 12.6. The van der Waals surface area contributed by atoms with E-state index in [1.54, 1.807) is 4.90 Å². The molecule has 1 aromatic heterocycles. The third-order valence-corrected chi connectivity index (χ3v) is 4.53. The van der Waals surface area contributed by atoms with Crippen LogP contribution >= 0.6 is 11.6 Å². The van der Waals surface area contributed by atoms with Gasteiger partial charge >= 0.3 is 12.1 Å². The number of aromatic nitrogens is 1. The first kappa shape index (κ1) is 15.4. The van der Waals surface area contributed by atoms with Crippen LogP contribution in [-0.2, 0) is 15.7 Å². The Kier molecular flexibility index (Phi) is 3.48. The summed E-state index contributed by atoms with van der Waals surface area (Å²) in [5.74, 6) is -1.03. The van der Waals surface area contributed by atoms with E-state index in [2.05, 4.69) is 4.98 Å². The molecule has 0 aromatic carbocycles. The summed E-state index contributed by atoms with van der Waals surface area (Å²) >= 11 is 5.91. The highest BCUT2D eigenvalue weighted by atomic mass is 35.5. The summed E-state index contributed by atoms with van der Waals surface area (Å²) in [6.45, 7) is 0.846. The molecule has 0 amide bonds. The third kappa shape index (κ3) is 2.30.